The van der Waals surface area contributed by atoms with Crippen LogP contribution >= 0.6 is 30.8 Å². The minimum absolute atomic E-state index is 0.263. The van der Waals surface area contributed by atoms with E-state index in [9.17, 15) is 4.57 Å². The Labute approximate surface area is 81.5 Å². The molecule has 3 nitrogen and oxygen atoms in total. The van der Waals surface area contributed by atoms with Gasteiger partial charge in [-0.3, -0.25) is 4.57 Å². The topological polar surface area (TPSA) is 57.5 Å². The quantitative estimate of drug-likeness (QED) is 0.435. The predicted molar refractivity (Wildman–Crippen MR) is 50.8 cm³/mol. The molecule has 0 radical (unpaired) electrons. The molecule has 2 N–H and O–H groups in total. The van der Waals surface area contributed by atoms with Crippen LogP contribution in [0.2, 0.25) is 0 Å². The first kappa shape index (κ1) is 12.5. The first-order valence-corrected chi connectivity index (χ1v) is 6.04. The van der Waals surface area contributed by atoms with Gasteiger partial charge in [0.1, 0.15) is 5.12 Å². The van der Waals surface area contributed by atoms with Crippen molar-refractivity contribution in [2.45, 2.75) is 18.0 Å². The molecule has 6 heteroatoms. The number of alkyl halides is 2. The lowest BCUT2D eigenvalue weighted by atomic mass is 10.3. The molecule has 0 rings (SSSR count). The number of allylic oxidation sites excluding steroid dienone is 2. The van der Waals surface area contributed by atoms with Gasteiger partial charge in [0, 0.05) is 5.88 Å². The van der Waals surface area contributed by atoms with Gasteiger partial charge in [0.25, 0.3) is 0 Å². The van der Waals surface area contributed by atoms with E-state index in [1.165, 1.54) is 0 Å². The molecule has 0 fully saturated rings. The molecule has 0 aliphatic carbocycles. The van der Waals surface area contributed by atoms with E-state index in [1.54, 1.807) is 12.2 Å². The molecule has 0 spiro atoms. The third-order valence-corrected chi connectivity index (χ3v) is 3.34. The summed E-state index contributed by atoms with van der Waals surface area (Å²) in [6.45, 7) is 0. The second kappa shape index (κ2) is 6.01. The van der Waals surface area contributed by atoms with E-state index >= 15 is 0 Å². The molecule has 1 atom stereocenters. The van der Waals surface area contributed by atoms with E-state index < -0.39 is 12.7 Å². The van der Waals surface area contributed by atoms with Crippen molar-refractivity contribution < 1.29 is 14.4 Å². The van der Waals surface area contributed by atoms with E-state index in [0.29, 0.717) is 12.3 Å². The summed E-state index contributed by atoms with van der Waals surface area (Å²) in [6.07, 6.45) is 4.26. The second-order valence-corrected chi connectivity index (χ2v) is 5.17. The molecule has 0 aromatic carbocycles. The monoisotopic (exact) mass is 232 g/mol. The van der Waals surface area contributed by atoms with Crippen LogP contribution in [0.5, 0.6) is 0 Å². The third-order valence-electron chi connectivity index (χ3n) is 1.19. The molecule has 12 heavy (non-hydrogen) atoms. The highest BCUT2D eigenvalue weighted by Gasteiger charge is 2.24. The molecule has 72 valence electrons. The Hall–Kier alpha value is 0.470. The molecule has 0 aliphatic heterocycles. The van der Waals surface area contributed by atoms with Crippen molar-refractivity contribution in [3.63, 3.8) is 0 Å². The number of halogens is 2. The lowest BCUT2D eigenvalue weighted by molar-refractivity contribution is 0.367. The normalized spacial score (nSPS) is 15.3. The molecule has 1 unspecified atom stereocenters. The summed E-state index contributed by atoms with van der Waals surface area (Å²) in [5, 5.41) is -1.09. The van der Waals surface area contributed by atoms with Crippen LogP contribution in [0, 0.1) is 0 Å². The summed E-state index contributed by atoms with van der Waals surface area (Å²) in [5.74, 6) is 0.406. The first-order chi connectivity index (χ1) is 5.48. The van der Waals surface area contributed by atoms with Gasteiger partial charge in [0.15, 0.2) is 0 Å². The molecule has 0 aromatic rings. The molecule has 0 amide bonds. The highest BCUT2D eigenvalue weighted by molar-refractivity contribution is 7.54. The fourth-order valence-electron chi connectivity index (χ4n) is 0.583. The van der Waals surface area contributed by atoms with Crippen LogP contribution in [0.25, 0.3) is 0 Å². The van der Waals surface area contributed by atoms with Gasteiger partial charge in [-0.25, -0.2) is 0 Å². The number of hydrogen-bond donors (Lipinski definition) is 2. The van der Waals surface area contributed by atoms with E-state index in [2.05, 4.69) is 0 Å². The highest BCUT2D eigenvalue weighted by Crippen LogP contribution is 2.45. The van der Waals surface area contributed by atoms with E-state index in [-0.39, 0.29) is 6.42 Å². The van der Waals surface area contributed by atoms with Crippen molar-refractivity contribution in [3.05, 3.63) is 12.2 Å². The summed E-state index contributed by atoms with van der Waals surface area (Å²) < 4.78 is 10.5. The molecule has 0 saturated carbocycles. The SMILES string of the molecule is O=P(O)(O)C(Cl)CCC=CCCl. The van der Waals surface area contributed by atoms with Gasteiger partial charge in [-0.1, -0.05) is 12.2 Å². The van der Waals surface area contributed by atoms with Gasteiger partial charge in [-0.2, -0.15) is 0 Å². The van der Waals surface area contributed by atoms with Crippen molar-refractivity contribution in [1.29, 1.82) is 0 Å². The standard InChI is InChI=1S/C6H11Cl2O3P/c7-5-3-1-2-4-6(8)12(9,10)11/h1,3,6H,2,4-5H2,(H2,9,10,11). The minimum Gasteiger partial charge on any atom is -0.323 e. The van der Waals surface area contributed by atoms with Crippen molar-refractivity contribution in [1.82, 2.24) is 0 Å². The van der Waals surface area contributed by atoms with Gasteiger partial charge in [-0.05, 0) is 12.8 Å². The van der Waals surface area contributed by atoms with Crippen LogP contribution < -0.4 is 0 Å². The lowest BCUT2D eigenvalue weighted by Gasteiger charge is -2.08. The number of rotatable bonds is 5. The Balaban J connectivity index is 3.65. The summed E-state index contributed by atoms with van der Waals surface area (Å²) in [7, 11) is -4.11. The molecular weight excluding hydrogens is 222 g/mol. The molecule has 0 bridgehead atoms. The van der Waals surface area contributed by atoms with Gasteiger partial charge in [0.2, 0.25) is 0 Å². The summed E-state index contributed by atoms with van der Waals surface area (Å²) in [5.41, 5.74) is 0. The van der Waals surface area contributed by atoms with E-state index in [1.807, 2.05) is 0 Å². The van der Waals surface area contributed by atoms with Crippen LogP contribution in [0.4, 0.5) is 0 Å². The number of hydrogen-bond acceptors (Lipinski definition) is 1. The Morgan fingerprint density at radius 1 is 1.42 bits per heavy atom. The van der Waals surface area contributed by atoms with Crippen molar-refractivity contribution >= 4 is 30.8 Å². The Bertz CT molecular complexity index is 189. The van der Waals surface area contributed by atoms with Crippen LogP contribution in [-0.2, 0) is 4.57 Å². The summed E-state index contributed by atoms with van der Waals surface area (Å²) in [6, 6.07) is 0. The molecule has 0 heterocycles. The Morgan fingerprint density at radius 2 is 2.00 bits per heavy atom. The van der Waals surface area contributed by atoms with Crippen molar-refractivity contribution in [2.75, 3.05) is 5.88 Å². The van der Waals surface area contributed by atoms with Gasteiger partial charge < -0.3 is 9.79 Å². The van der Waals surface area contributed by atoms with Crippen LogP contribution in [0.15, 0.2) is 12.2 Å². The Morgan fingerprint density at radius 3 is 2.42 bits per heavy atom. The van der Waals surface area contributed by atoms with E-state index in [0.717, 1.165) is 0 Å². The smallest absolute Gasteiger partial charge is 0.323 e. The average Bonchev–Trinajstić information content (AvgIpc) is 1.96. The van der Waals surface area contributed by atoms with Crippen LogP contribution in [-0.4, -0.2) is 20.8 Å². The zero-order valence-corrected chi connectivity index (χ0v) is 8.77. The maximum absolute atomic E-state index is 10.5. The maximum atomic E-state index is 10.5. The molecule has 0 saturated heterocycles. The molecule has 0 aliphatic rings. The second-order valence-electron chi connectivity index (χ2n) is 2.23. The van der Waals surface area contributed by atoms with Crippen molar-refractivity contribution in [3.8, 4) is 0 Å². The average molecular weight is 233 g/mol. The van der Waals surface area contributed by atoms with Gasteiger partial charge in [0.05, 0.1) is 0 Å². The zero-order valence-electron chi connectivity index (χ0n) is 6.36. The highest BCUT2D eigenvalue weighted by atomic mass is 35.5. The van der Waals surface area contributed by atoms with Crippen molar-refractivity contribution in [2.24, 2.45) is 0 Å². The lowest BCUT2D eigenvalue weighted by Crippen LogP contribution is -1.98. The minimum atomic E-state index is -4.11. The maximum Gasteiger partial charge on any atom is 0.343 e. The van der Waals surface area contributed by atoms with Crippen LogP contribution in [0.3, 0.4) is 0 Å². The Kier molecular flexibility index (Phi) is 6.24. The third kappa shape index (κ3) is 6.04. The predicted octanol–water partition coefficient (Wildman–Crippen LogP) is 2.30. The zero-order chi connectivity index (χ0) is 9.61. The fourth-order valence-corrected chi connectivity index (χ4v) is 1.32. The summed E-state index contributed by atoms with van der Waals surface area (Å²) in [4.78, 5) is 17.1. The first-order valence-electron chi connectivity index (χ1n) is 3.38. The van der Waals surface area contributed by atoms with Gasteiger partial charge >= 0.3 is 7.60 Å². The van der Waals surface area contributed by atoms with Gasteiger partial charge in [-0.15, -0.1) is 23.2 Å². The van der Waals surface area contributed by atoms with Crippen LogP contribution in [0.1, 0.15) is 12.8 Å². The molecular formula is C6H11Cl2O3P. The van der Waals surface area contributed by atoms with E-state index in [4.69, 9.17) is 33.0 Å². The fraction of sp³-hybridized carbons (Fsp3) is 0.667. The largest absolute Gasteiger partial charge is 0.343 e. The summed E-state index contributed by atoms with van der Waals surface area (Å²) >= 11 is 10.7. The molecule has 0 aromatic heterocycles.